The molecule has 1 amide bonds. The Kier molecular flexibility index (Phi) is 5.49. The van der Waals surface area contributed by atoms with Crippen molar-refractivity contribution < 1.29 is 19.3 Å². The van der Waals surface area contributed by atoms with Crippen molar-refractivity contribution in [3.63, 3.8) is 0 Å². The maximum absolute atomic E-state index is 12.4. The minimum Gasteiger partial charge on any atom is -0.410 e. The van der Waals surface area contributed by atoms with Crippen LogP contribution in [0.1, 0.15) is 6.42 Å². The standard InChI is InChI=1S/C15H17BrN4O5/c16-12-2-1-3-13(8-12)25-15(21)19-6-5-18(14(19)17-20(22)23)9-11-4-7-24-10-11/h1-3,8,11H,4-7,9-10H2. The smallest absolute Gasteiger partial charge is 0.410 e. The summed E-state index contributed by atoms with van der Waals surface area (Å²) < 4.78 is 11.4. The molecule has 9 nitrogen and oxygen atoms in total. The van der Waals surface area contributed by atoms with Gasteiger partial charge in [0, 0.05) is 30.1 Å². The molecule has 10 heteroatoms. The second kappa shape index (κ2) is 7.79. The second-order valence-corrected chi connectivity index (χ2v) is 6.71. The number of hydrogen-bond acceptors (Lipinski definition) is 5. The Morgan fingerprint density at radius 3 is 3.00 bits per heavy atom. The third-order valence-electron chi connectivity index (χ3n) is 4.01. The normalized spacial score (nSPS) is 21.8. The predicted molar refractivity (Wildman–Crippen MR) is 91.8 cm³/mol. The molecule has 1 unspecified atom stereocenters. The lowest BCUT2D eigenvalue weighted by molar-refractivity contribution is -0.486. The Morgan fingerprint density at radius 1 is 1.48 bits per heavy atom. The first-order valence-corrected chi connectivity index (χ1v) is 8.63. The van der Waals surface area contributed by atoms with Crippen molar-refractivity contribution in [3.05, 3.63) is 38.9 Å². The van der Waals surface area contributed by atoms with Gasteiger partial charge in [-0.2, -0.15) is 0 Å². The van der Waals surface area contributed by atoms with E-state index in [1.54, 1.807) is 29.2 Å². The summed E-state index contributed by atoms with van der Waals surface area (Å²) in [5.74, 6) is 0.636. The van der Waals surface area contributed by atoms with Gasteiger partial charge in [-0.15, -0.1) is 0 Å². The number of nitrogens with zero attached hydrogens (tertiary/aromatic N) is 4. The monoisotopic (exact) mass is 412 g/mol. The number of hydrogen-bond donors (Lipinski definition) is 0. The molecular weight excluding hydrogens is 396 g/mol. The minimum absolute atomic E-state index is 0.0110. The molecule has 2 fully saturated rings. The highest BCUT2D eigenvalue weighted by Gasteiger charge is 2.37. The van der Waals surface area contributed by atoms with Crippen LogP contribution in [0.2, 0.25) is 0 Å². The number of benzene rings is 1. The Hall–Kier alpha value is -2.20. The fourth-order valence-electron chi connectivity index (χ4n) is 2.85. The highest BCUT2D eigenvalue weighted by atomic mass is 79.9. The van der Waals surface area contributed by atoms with E-state index in [-0.39, 0.29) is 18.4 Å². The van der Waals surface area contributed by atoms with Crippen molar-refractivity contribution in [2.45, 2.75) is 6.42 Å². The average Bonchev–Trinajstić information content (AvgIpc) is 3.18. The Balaban J connectivity index is 1.72. The largest absolute Gasteiger partial charge is 0.422 e. The summed E-state index contributed by atoms with van der Waals surface area (Å²) in [6.07, 6.45) is 0.203. The first kappa shape index (κ1) is 17.6. The van der Waals surface area contributed by atoms with E-state index in [1.807, 2.05) is 0 Å². The Labute approximate surface area is 152 Å². The molecule has 0 aromatic heterocycles. The molecule has 1 aromatic carbocycles. The molecular formula is C15H17BrN4O5. The molecule has 0 saturated carbocycles. The number of hydrazone groups is 1. The predicted octanol–water partition coefficient (Wildman–Crippen LogP) is 2.15. The van der Waals surface area contributed by atoms with E-state index < -0.39 is 11.1 Å². The zero-order chi connectivity index (χ0) is 17.8. The van der Waals surface area contributed by atoms with Crippen LogP contribution in [0.15, 0.2) is 33.8 Å². The van der Waals surface area contributed by atoms with Crippen molar-refractivity contribution in [2.75, 3.05) is 32.8 Å². The fourth-order valence-corrected chi connectivity index (χ4v) is 3.23. The van der Waals surface area contributed by atoms with Gasteiger partial charge >= 0.3 is 6.09 Å². The highest BCUT2D eigenvalue weighted by Crippen LogP contribution is 2.21. The van der Waals surface area contributed by atoms with E-state index >= 15 is 0 Å². The van der Waals surface area contributed by atoms with Crippen LogP contribution in [0.3, 0.4) is 0 Å². The van der Waals surface area contributed by atoms with Gasteiger partial charge in [0.15, 0.2) is 5.03 Å². The summed E-state index contributed by atoms with van der Waals surface area (Å²) in [4.78, 5) is 26.3. The summed E-state index contributed by atoms with van der Waals surface area (Å²) in [7, 11) is 0. The maximum atomic E-state index is 12.4. The molecule has 0 radical (unpaired) electrons. The van der Waals surface area contributed by atoms with Crippen molar-refractivity contribution in [2.24, 2.45) is 11.0 Å². The number of carbonyl (C=O) groups is 1. The fraction of sp³-hybridized carbons (Fsp3) is 0.467. The van der Waals surface area contributed by atoms with Crippen LogP contribution in [0.5, 0.6) is 5.75 Å². The molecule has 2 aliphatic heterocycles. The molecule has 2 saturated heterocycles. The number of carbonyl (C=O) groups excluding carboxylic acids is 1. The van der Waals surface area contributed by atoms with E-state index in [0.29, 0.717) is 32.1 Å². The molecule has 0 spiro atoms. The minimum atomic E-state index is -0.793. The van der Waals surface area contributed by atoms with Gasteiger partial charge < -0.3 is 14.4 Å². The van der Waals surface area contributed by atoms with Gasteiger partial charge in [-0.3, -0.25) is 0 Å². The third-order valence-corrected chi connectivity index (χ3v) is 4.51. The van der Waals surface area contributed by atoms with E-state index in [1.165, 1.54) is 4.90 Å². The van der Waals surface area contributed by atoms with Gasteiger partial charge in [0.25, 0.3) is 5.96 Å². The number of guanidine groups is 1. The SMILES string of the molecule is O=C(Oc1cccc(Br)c1)N1CCN(CC2CCOC2)C1=N[N+](=O)[O-]. The van der Waals surface area contributed by atoms with Crippen LogP contribution in [0, 0.1) is 16.0 Å². The summed E-state index contributed by atoms with van der Waals surface area (Å²) in [6, 6.07) is 6.82. The van der Waals surface area contributed by atoms with Crippen molar-refractivity contribution in [3.8, 4) is 5.75 Å². The van der Waals surface area contributed by atoms with Gasteiger partial charge in [-0.05, 0) is 24.6 Å². The van der Waals surface area contributed by atoms with E-state index in [4.69, 9.17) is 9.47 Å². The summed E-state index contributed by atoms with van der Waals surface area (Å²) in [5.41, 5.74) is 0. The topological polar surface area (TPSA) is 97.5 Å². The lowest BCUT2D eigenvalue weighted by Gasteiger charge is -2.21. The average molecular weight is 413 g/mol. The summed E-state index contributed by atoms with van der Waals surface area (Å²) >= 11 is 3.30. The van der Waals surface area contributed by atoms with Crippen LogP contribution in [-0.2, 0) is 4.74 Å². The van der Waals surface area contributed by atoms with Gasteiger partial charge in [-0.1, -0.05) is 22.0 Å². The van der Waals surface area contributed by atoms with E-state index in [0.717, 1.165) is 10.9 Å². The Morgan fingerprint density at radius 2 is 2.32 bits per heavy atom. The maximum Gasteiger partial charge on any atom is 0.422 e. The Bertz CT molecular complexity index is 692. The first-order valence-electron chi connectivity index (χ1n) is 7.83. The molecule has 0 aliphatic carbocycles. The van der Waals surface area contributed by atoms with Gasteiger partial charge in [0.05, 0.1) is 13.2 Å². The third kappa shape index (κ3) is 4.45. The molecule has 25 heavy (non-hydrogen) atoms. The number of rotatable bonds is 4. The zero-order valence-electron chi connectivity index (χ0n) is 13.3. The lowest BCUT2D eigenvalue weighted by atomic mass is 10.1. The van der Waals surface area contributed by atoms with Gasteiger partial charge in [-0.25, -0.2) is 19.8 Å². The number of nitro groups is 1. The van der Waals surface area contributed by atoms with Crippen LogP contribution in [-0.4, -0.2) is 59.7 Å². The van der Waals surface area contributed by atoms with Crippen LogP contribution in [0.4, 0.5) is 4.79 Å². The first-order chi connectivity index (χ1) is 12.0. The van der Waals surface area contributed by atoms with Crippen molar-refractivity contribution in [1.82, 2.24) is 9.80 Å². The number of amides is 1. The molecule has 2 aliphatic rings. The molecule has 1 atom stereocenters. The van der Waals surface area contributed by atoms with Gasteiger partial charge in [0.2, 0.25) is 0 Å². The van der Waals surface area contributed by atoms with Crippen LogP contribution < -0.4 is 4.74 Å². The van der Waals surface area contributed by atoms with Gasteiger partial charge in [0.1, 0.15) is 10.9 Å². The van der Waals surface area contributed by atoms with E-state index in [2.05, 4.69) is 21.0 Å². The van der Waals surface area contributed by atoms with Crippen LogP contribution in [0.25, 0.3) is 0 Å². The number of ether oxygens (including phenoxy) is 2. The zero-order valence-corrected chi connectivity index (χ0v) is 14.9. The van der Waals surface area contributed by atoms with Crippen molar-refractivity contribution in [1.29, 1.82) is 0 Å². The lowest BCUT2D eigenvalue weighted by Crippen LogP contribution is -2.41. The molecule has 0 N–H and O–H groups in total. The summed E-state index contributed by atoms with van der Waals surface area (Å²) in [6.45, 7) is 2.62. The molecule has 3 rings (SSSR count). The van der Waals surface area contributed by atoms with Crippen molar-refractivity contribution >= 4 is 28.0 Å². The highest BCUT2D eigenvalue weighted by molar-refractivity contribution is 9.10. The molecule has 1 aromatic rings. The van der Waals surface area contributed by atoms with E-state index in [9.17, 15) is 14.9 Å². The second-order valence-electron chi connectivity index (χ2n) is 5.79. The van der Waals surface area contributed by atoms with Crippen LogP contribution >= 0.6 is 15.9 Å². The molecule has 0 bridgehead atoms. The summed E-state index contributed by atoms with van der Waals surface area (Å²) in [5, 5.41) is 13.5. The quantitative estimate of drug-likeness (QED) is 0.554. The molecule has 2 heterocycles. The number of halogens is 1. The molecule has 134 valence electrons.